The van der Waals surface area contributed by atoms with Gasteiger partial charge in [0.15, 0.2) is 0 Å². The number of benzene rings is 2. The van der Waals surface area contributed by atoms with E-state index in [1.165, 1.54) is 12.5 Å². The number of carbonyl (C=O) groups excluding carboxylic acids is 1. The van der Waals surface area contributed by atoms with Crippen LogP contribution in [0.2, 0.25) is 0 Å². The number of methoxy groups -OCH3 is 1. The van der Waals surface area contributed by atoms with Gasteiger partial charge in [-0.25, -0.2) is 0 Å². The van der Waals surface area contributed by atoms with E-state index >= 15 is 0 Å². The first-order valence-corrected chi connectivity index (χ1v) is 5.13. The van der Waals surface area contributed by atoms with Gasteiger partial charge in [0.25, 0.3) is 0 Å². The van der Waals surface area contributed by atoms with Crippen LogP contribution in [0.5, 0.6) is 0 Å². The number of rotatable bonds is 2. The maximum absolute atomic E-state index is 11.4. The molecule has 0 bridgehead atoms. The molecular weight excluding hydrogens is 200 g/mol. The molecule has 0 saturated heterocycles. The molecule has 2 heteroatoms. The normalized spacial score (nSPS) is 10.7. The summed E-state index contributed by atoms with van der Waals surface area (Å²) >= 11 is 0. The Hall–Kier alpha value is -1.83. The number of fused-ring (bicyclic) bond motifs is 1. The molecule has 0 aliphatic rings. The van der Waals surface area contributed by atoms with E-state index in [-0.39, 0.29) is 5.97 Å². The van der Waals surface area contributed by atoms with Crippen molar-refractivity contribution in [1.29, 1.82) is 0 Å². The Morgan fingerprint density at radius 2 is 1.75 bits per heavy atom. The lowest BCUT2D eigenvalue weighted by molar-refractivity contribution is -0.137. The van der Waals surface area contributed by atoms with Gasteiger partial charge in [-0.05, 0) is 29.3 Å². The van der Waals surface area contributed by atoms with Crippen LogP contribution in [-0.4, -0.2) is 13.1 Å². The van der Waals surface area contributed by atoms with Crippen LogP contribution in [0, 0.1) is 5.92 Å². The van der Waals surface area contributed by atoms with E-state index < -0.39 is 0 Å². The second kappa shape index (κ2) is 4.35. The molecule has 0 fully saturated rings. The molecule has 2 nitrogen and oxygen atoms in total. The molecule has 2 aromatic carbocycles. The molecule has 0 aliphatic heterocycles. The molecule has 0 unspecified atom stereocenters. The predicted molar refractivity (Wildman–Crippen MR) is 64.0 cm³/mol. The van der Waals surface area contributed by atoms with Gasteiger partial charge in [-0.3, -0.25) is 4.79 Å². The highest BCUT2D eigenvalue weighted by molar-refractivity contribution is 5.91. The average molecular weight is 213 g/mol. The van der Waals surface area contributed by atoms with E-state index in [4.69, 9.17) is 4.74 Å². The number of ether oxygens (including phenoxy) is 1. The van der Waals surface area contributed by atoms with Crippen LogP contribution in [0.25, 0.3) is 10.8 Å². The molecule has 0 atom stereocenters. The van der Waals surface area contributed by atoms with Crippen LogP contribution in [-0.2, 0) is 9.53 Å². The zero-order valence-electron chi connectivity index (χ0n) is 9.36. The van der Waals surface area contributed by atoms with Crippen molar-refractivity contribution < 1.29 is 9.53 Å². The number of hydrogen-bond acceptors (Lipinski definition) is 2. The van der Waals surface area contributed by atoms with Gasteiger partial charge in [0, 0.05) is 0 Å². The van der Waals surface area contributed by atoms with E-state index in [1.807, 2.05) is 42.5 Å². The zero-order valence-corrected chi connectivity index (χ0v) is 9.36. The molecule has 0 aliphatic carbocycles. The standard InChI is InChI=1S/C14H13O2/c1-10(14(15)16-2)12-8-7-11-5-3-4-6-13(11)9-12/h3-9H,1-2H3. The fourth-order valence-corrected chi connectivity index (χ4v) is 1.69. The van der Waals surface area contributed by atoms with Gasteiger partial charge in [-0.15, -0.1) is 0 Å². The Morgan fingerprint density at radius 1 is 1.06 bits per heavy atom. The summed E-state index contributed by atoms with van der Waals surface area (Å²) in [6, 6.07) is 14.0. The summed E-state index contributed by atoms with van der Waals surface area (Å²) in [5.41, 5.74) is 0.908. The molecule has 81 valence electrons. The Labute approximate surface area is 94.8 Å². The molecule has 0 N–H and O–H groups in total. The van der Waals surface area contributed by atoms with Gasteiger partial charge in [-0.2, -0.15) is 0 Å². The number of esters is 1. The fourth-order valence-electron chi connectivity index (χ4n) is 1.69. The minimum Gasteiger partial charge on any atom is -0.468 e. The van der Waals surface area contributed by atoms with Gasteiger partial charge in [0.1, 0.15) is 5.92 Å². The SMILES string of the molecule is COC(=O)[C](C)c1ccc2ccccc2c1. The van der Waals surface area contributed by atoms with Gasteiger partial charge in [0.05, 0.1) is 7.11 Å². The van der Waals surface area contributed by atoms with Crippen molar-refractivity contribution in [1.82, 2.24) is 0 Å². The summed E-state index contributed by atoms with van der Waals surface area (Å²) in [5.74, 6) is 0.350. The molecule has 2 aromatic rings. The lowest BCUT2D eigenvalue weighted by Gasteiger charge is -2.09. The Kier molecular flexibility index (Phi) is 2.91. The van der Waals surface area contributed by atoms with Crippen molar-refractivity contribution in [2.24, 2.45) is 0 Å². The summed E-state index contributed by atoms with van der Waals surface area (Å²) in [6.45, 7) is 1.77. The topological polar surface area (TPSA) is 26.3 Å². The third kappa shape index (κ3) is 1.91. The Morgan fingerprint density at radius 3 is 2.44 bits per heavy atom. The van der Waals surface area contributed by atoms with Gasteiger partial charge in [-0.1, -0.05) is 36.4 Å². The lowest BCUT2D eigenvalue weighted by atomic mass is 9.98. The largest absolute Gasteiger partial charge is 0.468 e. The van der Waals surface area contributed by atoms with E-state index in [0.717, 1.165) is 10.9 Å². The molecule has 0 spiro atoms. The van der Waals surface area contributed by atoms with Gasteiger partial charge < -0.3 is 4.74 Å². The van der Waals surface area contributed by atoms with Crippen molar-refractivity contribution in [3.63, 3.8) is 0 Å². The summed E-state index contributed by atoms with van der Waals surface area (Å²) in [7, 11) is 1.40. The smallest absolute Gasteiger partial charge is 0.317 e. The van der Waals surface area contributed by atoms with Crippen LogP contribution in [0.1, 0.15) is 12.5 Å². The third-order valence-electron chi connectivity index (χ3n) is 2.67. The van der Waals surface area contributed by atoms with Crippen molar-refractivity contribution in [3.05, 3.63) is 53.9 Å². The minimum absolute atomic E-state index is 0.282. The Balaban J connectivity index is 2.43. The third-order valence-corrected chi connectivity index (χ3v) is 2.67. The molecule has 16 heavy (non-hydrogen) atoms. The van der Waals surface area contributed by atoms with E-state index in [9.17, 15) is 4.79 Å². The molecule has 1 radical (unpaired) electrons. The molecule has 0 amide bonds. The van der Waals surface area contributed by atoms with Crippen LogP contribution in [0.4, 0.5) is 0 Å². The first-order valence-electron chi connectivity index (χ1n) is 5.13. The van der Waals surface area contributed by atoms with Crippen LogP contribution in [0.15, 0.2) is 42.5 Å². The predicted octanol–water partition coefficient (Wildman–Crippen LogP) is 2.96. The molecule has 0 saturated carbocycles. The maximum Gasteiger partial charge on any atom is 0.317 e. The first kappa shape index (κ1) is 10.7. The highest BCUT2D eigenvalue weighted by Gasteiger charge is 2.16. The van der Waals surface area contributed by atoms with E-state index in [1.54, 1.807) is 6.92 Å². The second-order valence-corrected chi connectivity index (χ2v) is 3.68. The lowest BCUT2D eigenvalue weighted by Crippen LogP contribution is -2.11. The fraction of sp³-hybridized carbons (Fsp3) is 0.143. The quantitative estimate of drug-likeness (QED) is 0.717. The highest BCUT2D eigenvalue weighted by Crippen LogP contribution is 2.21. The van der Waals surface area contributed by atoms with Crippen molar-refractivity contribution in [2.45, 2.75) is 6.92 Å². The number of carbonyl (C=O) groups is 1. The Bertz CT molecular complexity index is 517. The van der Waals surface area contributed by atoms with Crippen LogP contribution >= 0.6 is 0 Å². The summed E-state index contributed by atoms with van der Waals surface area (Å²) < 4.78 is 4.70. The average Bonchev–Trinajstić information content (AvgIpc) is 2.36. The van der Waals surface area contributed by atoms with Crippen LogP contribution in [0.3, 0.4) is 0 Å². The molecule has 2 rings (SSSR count). The maximum atomic E-state index is 11.4. The summed E-state index contributed by atoms with van der Waals surface area (Å²) in [4.78, 5) is 11.4. The molecular formula is C14H13O2. The molecule has 0 aromatic heterocycles. The monoisotopic (exact) mass is 213 g/mol. The zero-order chi connectivity index (χ0) is 11.5. The van der Waals surface area contributed by atoms with Crippen LogP contribution < -0.4 is 0 Å². The van der Waals surface area contributed by atoms with Crippen molar-refractivity contribution in [3.8, 4) is 0 Å². The van der Waals surface area contributed by atoms with E-state index in [2.05, 4.69) is 0 Å². The molecule has 0 heterocycles. The highest BCUT2D eigenvalue weighted by atomic mass is 16.5. The van der Waals surface area contributed by atoms with Gasteiger partial charge >= 0.3 is 5.97 Å². The number of hydrogen-bond donors (Lipinski definition) is 0. The van der Waals surface area contributed by atoms with Crippen molar-refractivity contribution in [2.75, 3.05) is 7.11 Å². The van der Waals surface area contributed by atoms with E-state index in [0.29, 0.717) is 5.92 Å². The second-order valence-electron chi connectivity index (χ2n) is 3.68. The summed E-state index contributed by atoms with van der Waals surface area (Å²) in [6.07, 6.45) is 0. The minimum atomic E-state index is -0.282. The van der Waals surface area contributed by atoms with Crippen molar-refractivity contribution >= 4 is 16.7 Å². The first-order chi connectivity index (χ1) is 7.72. The summed E-state index contributed by atoms with van der Waals surface area (Å²) in [5, 5.41) is 2.30. The van der Waals surface area contributed by atoms with Gasteiger partial charge in [0.2, 0.25) is 0 Å².